The molecular formula is C24H23N3O4S. The van der Waals surface area contributed by atoms with Crippen molar-refractivity contribution in [3.8, 4) is 5.75 Å². The molecule has 0 aliphatic carbocycles. The van der Waals surface area contributed by atoms with Crippen LogP contribution in [0.1, 0.15) is 11.3 Å². The molecule has 8 heteroatoms. The predicted molar refractivity (Wildman–Crippen MR) is 124 cm³/mol. The fourth-order valence-corrected chi connectivity index (χ4v) is 4.10. The molecule has 2 aromatic heterocycles. The van der Waals surface area contributed by atoms with Crippen molar-refractivity contribution >= 4 is 28.6 Å². The van der Waals surface area contributed by atoms with Crippen molar-refractivity contribution in [3.63, 3.8) is 0 Å². The number of nitrogens with one attached hydrogen (secondary N) is 1. The molecule has 1 N–H and O–H groups in total. The highest BCUT2D eigenvalue weighted by atomic mass is 32.2. The topological polar surface area (TPSA) is 86.4 Å². The number of ether oxygens (including phenoxy) is 1. The molecule has 0 atom stereocenters. The van der Waals surface area contributed by atoms with Gasteiger partial charge in [0, 0.05) is 6.54 Å². The summed E-state index contributed by atoms with van der Waals surface area (Å²) in [7, 11) is 1.63. The van der Waals surface area contributed by atoms with Gasteiger partial charge in [-0.25, -0.2) is 4.98 Å². The van der Waals surface area contributed by atoms with Gasteiger partial charge in [0.05, 0.1) is 36.6 Å². The highest BCUT2D eigenvalue weighted by Gasteiger charge is 2.14. The first-order valence-electron chi connectivity index (χ1n) is 10.2. The van der Waals surface area contributed by atoms with E-state index in [4.69, 9.17) is 9.15 Å². The third-order valence-electron chi connectivity index (χ3n) is 4.95. The Balaban J connectivity index is 1.42. The van der Waals surface area contributed by atoms with Crippen molar-refractivity contribution in [2.24, 2.45) is 0 Å². The van der Waals surface area contributed by atoms with Gasteiger partial charge in [-0.15, -0.1) is 0 Å². The lowest BCUT2D eigenvalue weighted by Crippen LogP contribution is -2.28. The monoisotopic (exact) mass is 449 g/mol. The van der Waals surface area contributed by atoms with E-state index in [1.165, 1.54) is 11.8 Å². The minimum atomic E-state index is -0.158. The van der Waals surface area contributed by atoms with Crippen LogP contribution in [0.5, 0.6) is 5.75 Å². The van der Waals surface area contributed by atoms with Crippen molar-refractivity contribution in [2.75, 3.05) is 19.4 Å². The standard InChI is InChI=1S/C24H23N3O4S/c1-30-18-10-8-17(9-11-18)12-13-25-22(28)16-32-24-26-21-7-3-2-6-20(21)23(29)27(24)15-19-5-4-14-31-19/h2-11,14H,12-13,15-16H2,1H3,(H,25,28). The lowest BCUT2D eigenvalue weighted by atomic mass is 10.1. The Hall–Kier alpha value is -3.52. The highest BCUT2D eigenvalue weighted by Crippen LogP contribution is 2.19. The summed E-state index contributed by atoms with van der Waals surface area (Å²) < 4.78 is 12.1. The number of para-hydroxylation sites is 1. The van der Waals surface area contributed by atoms with Crippen LogP contribution in [0, 0.1) is 0 Å². The van der Waals surface area contributed by atoms with Gasteiger partial charge in [-0.2, -0.15) is 0 Å². The average molecular weight is 450 g/mol. The molecule has 1 amide bonds. The largest absolute Gasteiger partial charge is 0.497 e. The van der Waals surface area contributed by atoms with E-state index in [1.807, 2.05) is 42.5 Å². The summed E-state index contributed by atoms with van der Waals surface area (Å²) in [5.41, 5.74) is 1.56. The van der Waals surface area contributed by atoms with Crippen LogP contribution >= 0.6 is 11.8 Å². The number of hydrogen-bond donors (Lipinski definition) is 1. The molecule has 0 radical (unpaired) electrons. The molecule has 0 aliphatic rings. The quantitative estimate of drug-likeness (QED) is 0.311. The second-order valence-corrected chi connectivity index (χ2v) is 8.06. The van der Waals surface area contributed by atoms with E-state index in [2.05, 4.69) is 10.3 Å². The fourth-order valence-electron chi connectivity index (χ4n) is 3.28. The number of rotatable bonds is 9. The number of benzene rings is 2. The number of thioether (sulfide) groups is 1. The zero-order valence-corrected chi connectivity index (χ0v) is 18.4. The minimum absolute atomic E-state index is 0.115. The summed E-state index contributed by atoms with van der Waals surface area (Å²) in [6, 6.07) is 18.5. The van der Waals surface area contributed by atoms with Crippen molar-refractivity contribution in [3.05, 3.63) is 88.6 Å². The van der Waals surface area contributed by atoms with Crippen LogP contribution in [0.3, 0.4) is 0 Å². The maximum Gasteiger partial charge on any atom is 0.262 e. The molecule has 0 fully saturated rings. The maximum absolute atomic E-state index is 13.1. The summed E-state index contributed by atoms with van der Waals surface area (Å²) in [4.78, 5) is 30.1. The van der Waals surface area contributed by atoms with Crippen molar-refractivity contribution < 1.29 is 13.9 Å². The molecular weight excluding hydrogens is 426 g/mol. The van der Waals surface area contributed by atoms with Crippen LogP contribution in [-0.4, -0.2) is 34.9 Å². The zero-order valence-electron chi connectivity index (χ0n) is 17.6. The summed E-state index contributed by atoms with van der Waals surface area (Å²) >= 11 is 1.24. The first-order chi connectivity index (χ1) is 15.6. The highest BCUT2D eigenvalue weighted by molar-refractivity contribution is 7.99. The van der Waals surface area contributed by atoms with Crippen molar-refractivity contribution in [1.29, 1.82) is 0 Å². The van der Waals surface area contributed by atoms with E-state index in [0.717, 1.165) is 17.7 Å². The first kappa shape index (κ1) is 21.7. The number of amides is 1. The Kier molecular flexibility index (Phi) is 6.91. The minimum Gasteiger partial charge on any atom is -0.497 e. The number of fused-ring (bicyclic) bond motifs is 1. The summed E-state index contributed by atoms with van der Waals surface area (Å²) in [6.07, 6.45) is 2.29. The van der Waals surface area contributed by atoms with Gasteiger partial charge in [0.2, 0.25) is 5.91 Å². The van der Waals surface area contributed by atoms with Gasteiger partial charge >= 0.3 is 0 Å². The maximum atomic E-state index is 13.1. The van der Waals surface area contributed by atoms with Crippen LogP contribution < -0.4 is 15.6 Å². The second-order valence-electron chi connectivity index (χ2n) is 7.12. The molecule has 0 aliphatic heterocycles. The Bertz CT molecular complexity index is 1250. The van der Waals surface area contributed by atoms with Crippen molar-refractivity contribution in [1.82, 2.24) is 14.9 Å². The molecule has 0 spiro atoms. The Morgan fingerprint density at radius 1 is 1.12 bits per heavy atom. The number of aromatic nitrogens is 2. The van der Waals surface area contributed by atoms with E-state index in [0.29, 0.717) is 28.4 Å². The van der Waals surface area contributed by atoms with Crippen LogP contribution in [-0.2, 0) is 17.8 Å². The summed E-state index contributed by atoms with van der Waals surface area (Å²) in [5, 5.41) is 3.94. The zero-order chi connectivity index (χ0) is 22.3. The number of furan rings is 1. The van der Waals surface area contributed by atoms with Gasteiger partial charge in [-0.05, 0) is 48.4 Å². The molecule has 0 unspecified atom stereocenters. The van der Waals surface area contributed by atoms with E-state index in [9.17, 15) is 9.59 Å². The van der Waals surface area contributed by atoms with Crippen LogP contribution in [0.25, 0.3) is 10.9 Å². The van der Waals surface area contributed by atoms with Crippen LogP contribution in [0.2, 0.25) is 0 Å². The van der Waals surface area contributed by atoms with Crippen LogP contribution in [0.15, 0.2) is 81.3 Å². The van der Waals surface area contributed by atoms with E-state index in [-0.39, 0.29) is 23.8 Å². The van der Waals surface area contributed by atoms with Gasteiger partial charge in [-0.3, -0.25) is 14.2 Å². The predicted octanol–water partition coefficient (Wildman–Crippen LogP) is 3.50. The average Bonchev–Trinajstić information content (AvgIpc) is 3.33. The molecule has 32 heavy (non-hydrogen) atoms. The second kappa shape index (κ2) is 10.2. The smallest absolute Gasteiger partial charge is 0.262 e. The van der Waals surface area contributed by atoms with Crippen LogP contribution in [0.4, 0.5) is 0 Å². The number of carbonyl (C=O) groups is 1. The SMILES string of the molecule is COc1ccc(CCNC(=O)CSc2nc3ccccc3c(=O)n2Cc2ccco2)cc1. The van der Waals surface area contributed by atoms with E-state index in [1.54, 1.807) is 36.1 Å². The first-order valence-corrected chi connectivity index (χ1v) is 11.2. The summed E-state index contributed by atoms with van der Waals surface area (Å²) in [5.74, 6) is 1.49. The third-order valence-corrected chi connectivity index (χ3v) is 5.92. The molecule has 0 saturated heterocycles. The Morgan fingerprint density at radius 2 is 1.94 bits per heavy atom. The number of hydrogen-bond acceptors (Lipinski definition) is 6. The normalized spacial score (nSPS) is 10.9. The lowest BCUT2D eigenvalue weighted by Gasteiger charge is -2.12. The lowest BCUT2D eigenvalue weighted by molar-refractivity contribution is -0.118. The van der Waals surface area contributed by atoms with Crippen molar-refractivity contribution in [2.45, 2.75) is 18.1 Å². The molecule has 2 aromatic carbocycles. The fraction of sp³-hybridized carbons (Fsp3) is 0.208. The molecule has 2 heterocycles. The van der Waals surface area contributed by atoms with Gasteiger partial charge in [0.1, 0.15) is 11.5 Å². The molecule has 0 bridgehead atoms. The number of methoxy groups -OCH3 is 1. The third kappa shape index (κ3) is 5.20. The molecule has 0 saturated carbocycles. The summed E-state index contributed by atoms with van der Waals surface area (Å²) in [6.45, 7) is 0.779. The van der Waals surface area contributed by atoms with Gasteiger partial charge < -0.3 is 14.5 Å². The van der Waals surface area contributed by atoms with Gasteiger partial charge in [0.25, 0.3) is 5.56 Å². The Labute approximate surface area is 189 Å². The molecule has 164 valence electrons. The number of nitrogens with zero attached hydrogens (tertiary/aromatic N) is 2. The molecule has 4 rings (SSSR count). The van der Waals surface area contributed by atoms with Gasteiger partial charge in [-0.1, -0.05) is 36.0 Å². The van der Waals surface area contributed by atoms with E-state index >= 15 is 0 Å². The van der Waals surface area contributed by atoms with Gasteiger partial charge in [0.15, 0.2) is 5.16 Å². The number of carbonyl (C=O) groups excluding carboxylic acids is 1. The molecule has 7 nitrogen and oxygen atoms in total. The molecule has 4 aromatic rings. The van der Waals surface area contributed by atoms with E-state index < -0.39 is 0 Å². The Morgan fingerprint density at radius 3 is 2.69 bits per heavy atom.